The van der Waals surface area contributed by atoms with E-state index in [0.29, 0.717) is 18.2 Å². The molecule has 0 bridgehead atoms. The Balaban J connectivity index is 1.46. The molecule has 0 saturated carbocycles. The Morgan fingerprint density at radius 3 is 2.12 bits per heavy atom. The number of carbonyl (C=O) groups is 1. The highest BCUT2D eigenvalue weighted by atomic mass is 16.3. The zero-order chi connectivity index (χ0) is 16.8. The fourth-order valence-corrected chi connectivity index (χ4v) is 3.74. The van der Waals surface area contributed by atoms with Crippen molar-refractivity contribution in [3.05, 3.63) is 24.3 Å². The Kier molecular flexibility index (Phi) is 5.96. The van der Waals surface area contributed by atoms with Crippen LogP contribution in [-0.4, -0.2) is 61.7 Å². The first kappa shape index (κ1) is 17.1. The summed E-state index contributed by atoms with van der Waals surface area (Å²) in [7, 11) is 0. The van der Waals surface area contributed by atoms with Gasteiger partial charge in [0.25, 0.3) is 5.91 Å². The van der Waals surface area contributed by atoms with Gasteiger partial charge in [0.1, 0.15) is 5.75 Å². The molecule has 2 aliphatic rings. The summed E-state index contributed by atoms with van der Waals surface area (Å²) >= 11 is 0. The summed E-state index contributed by atoms with van der Waals surface area (Å²) in [5, 5.41) is 9.39. The molecule has 1 aromatic carbocycles. The third-order valence-corrected chi connectivity index (χ3v) is 5.30. The van der Waals surface area contributed by atoms with Crippen molar-refractivity contribution in [1.82, 2.24) is 4.90 Å². The quantitative estimate of drug-likeness (QED) is 0.864. The first-order chi connectivity index (χ1) is 11.7. The summed E-state index contributed by atoms with van der Waals surface area (Å²) in [4.78, 5) is 18.4. The lowest BCUT2D eigenvalue weighted by Crippen LogP contribution is -3.15. The third-order valence-electron chi connectivity index (χ3n) is 5.30. The molecular weight excluding hydrogens is 302 g/mol. The number of phenolic OH excluding ortho intramolecular Hbond substituents is 1. The summed E-state index contributed by atoms with van der Waals surface area (Å²) < 4.78 is 0. The maximum absolute atomic E-state index is 12.6. The summed E-state index contributed by atoms with van der Waals surface area (Å²) in [5.41, 5.74) is 1.15. The monoisotopic (exact) mass is 332 g/mol. The molecule has 0 atom stereocenters. The molecule has 3 rings (SSSR count). The first-order valence-corrected chi connectivity index (χ1v) is 9.38. The molecule has 5 heteroatoms. The number of piperazine rings is 1. The van der Waals surface area contributed by atoms with Crippen LogP contribution < -0.4 is 9.80 Å². The fourth-order valence-electron chi connectivity index (χ4n) is 3.74. The van der Waals surface area contributed by atoms with Crippen LogP contribution in [0, 0.1) is 0 Å². The number of rotatable bonds is 3. The highest BCUT2D eigenvalue weighted by Gasteiger charge is 2.25. The van der Waals surface area contributed by atoms with Crippen LogP contribution in [0.25, 0.3) is 0 Å². The normalized spacial score (nSPS) is 20.5. The van der Waals surface area contributed by atoms with Gasteiger partial charge in [-0.25, -0.2) is 0 Å². The van der Waals surface area contributed by atoms with E-state index in [-0.39, 0.29) is 0 Å². The Morgan fingerprint density at radius 2 is 1.50 bits per heavy atom. The van der Waals surface area contributed by atoms with Crippen molar-refractivity contribution in [2.75, 3.05) is 50.7 Å². The second-order valence-corrected chi connectivity index (χ2v) is 7.08. The van der Waals surface area contributed by atoms with Crippen molar-refractivity contribution in [3.8, 4) is 5.75 Å². The molecule has 2 saturated heterocycles. The van der Waals surface area contributed by atoms with E-state index in [2.05, 4.69) is 9.80 Å². The Labute approximate surface area is 144 Å². The standard InChI is InChI=1S/C19H29N3O2/c23-18-8-6-17(7-9-18)21-14-12-20(13-15-21)16-19(24)22-10-4-2-1-3-5-11-22/h6-9,23H,1-5,10-16H2/p+1. The number of phenols is 1. The molecule has 0 radical (unpaired) electrons. The zero-order valence-corrected chi connectivity index (χ0v) is 14.5. The maximum Gasteiger partial charge on any atom is 0.277 e. The molecule has 0 unspecified atom stereocenters. The highest BCUT2D eigenvalue weighted by Crippen LogP contribution is 2.18. The number of quaternary nitrogens is 1. The molecule has 0 aliphatic carbocycles. The van der Waals surface area contributed by atoms with Crippen LogP contribution in [0.15, 0.2) is 24.3 Å². The van der Waals surface area contributed by atoms with Gasteiger partial charge in [0, 0.05) is 18.8 Å². The topological polar surface area (TPSA) is 48.2 Å². The van der Waals surface area contributed by atoms with Gasteiger partial charge in [0.2, 0.25) is 0 Å². The van der Waals surface area contributed by atoms with Crippen molar-refractivity contribution in [3.63, 3.8) is 0 Å². The van der Waals surface area contributed by atoms with Crippen LogP contribution in [0.1, 0.15) is 32.1 Å². The predicted molar refractivity (Wildman–Crippen MR) is 95.5 cm³/mol. The molecule has 0 aromatic heterocycles. The van der Waals surface area contributed by atoms with E-state index in [1.54, 1.807) is 12.1 Å². The molecule has 2 fully saturated rings. The summed E-state index contributed by atoms with van der Waals surface area (Å²) in [6.45, 7) is 6.47. The first-order valence-electron chi connectivity index (χ1n) is 9.38. The number of carbonyl (C=O) groups excluding carboxylic acids is 1. The third kappa shape index (κ3) is 4.63. The number of aromatic hydroxyl groups is 1. The van der Waals surface area contributed by atoms with Gasteiger partial charge in [-0.2, -0.15) is 0 Å². The molecule has 2 N–H and O–H groups in total. The molecule has 132 valence electrons. The average Bonchev–Trinajstić information content (AvgIpc) is 2.56. The number of hydrogen-bond donors (Lipinski definition) is 2. The van der Waals surface area contributed by atoms with Crippen molar-refractivity contribution < 1.29 is 14.8 Å². The number of anilines is 1. The van der Waals surface area contributed by atoms with Gasteiger partial charge in [0.15, 0.2) is 6.54 Å². The van der Waals surface area contributed by atoms with Crippen LogP contribution in [0.4, 0.5) is 5.69 Å². The minimum absolute atomic E-state index is 0.307. The second-order valence-electron chi connectivity index (χ2n) is 7.08. The van der Waals surface area contributed by atoms with Crippen molar-refractivity contribution in [2.24, 2.45) is 0 Å². The predicted octanol–water partition coefficient (Wildman–Crippen LogP) is 0.890. The minimum Gasteiger partial charge on any atom is -0.508 e. The van der Waals surface area contributed by atoms with Gasteiger partial charge in [-0.1, -0.05) is 19.3 Å². The molecule has 0 spiro atoms. The smallest absolute Gasteiger partial charge is 0.277 e. The van der Waals surface area contributed by atoms with E-state index in [0.717, 1.165) is 57.8 Å². The van der Waals surface area contributed by atoms with Gasteiger partial charge < -0.3 is 19.8 Å². The number of likely N-dealkylation sites (tertiary alicyclic amines) is 1. The lowest BCUT2D eigenvalue weighted by Gasteiger charge is -2.34. The molecule has 5 nitrogen and oxygen atoms in total. The lowest BCUT2D eigenvalue weighted by atomic mass is 10.1. The van der Waals surface area contributed by atoms with Crippen molar-refractivity contribution in [2.45, 2.75) is 32.1 Å². The molecule has 2 heterocycles. The SMILES string of the molecule is O=C(C[NH+]1CCN(c2ccc(O)cc2)CC1)N1CCCCCCC1. The average molecular weight is 332 g/mol. The number of nitrogens with one attached hydrogen (secondary N) is 1. The highest BCUT2D eigenvalue weighted by molar-refractivity contribution is 5.77. The van der Waals surface area contributed by atoms with E-state index in [1.807, 2.05) is 12.1 Å². The van der Waals surface area contributed by atoms with Crippen LogP contribution in [0.2, 0.25) is 0 Å². The van der Waals surface area contributed by atoms with Crippen molar-refractivity contribution in [1.29, 1.82) is 0 Å². The zero-order valence-electron chi connectivity index (χ0n) is 14.5. The van der Waals surface area contributed by atoms with E-state index in [4.69, 9.17) is 0 Å². The van der Waals surface area contributed by atoms with Gasteiger partial charge in [-0.05, 0) is 37.1 Å². The van der Waals surface area contributed by atoms with Crippen LogP contribution >= 0.6 is 0 Å². The Hall–Kier alpha value is -1.75. The van der Waals surface area contributed by atoms with Gasteiger partial charge in [0.05, 0.1) is 26.2 Å². The second kappa shape index (κ2) is 8.38. The van der Waals surface area contributed by atoms with Crippen LogP contribution in [0.3, 0.4) is 0 Å². The molecule has 1 aromatic rings. The van der Waals surface area contributed by atoms with E-state index in [1.165, 1.54) is 24.2 Å². The molecule has 1 amide bonds. The molecular formula is C19H30N3O2+. The summed E-state index contributed by atoms with van der Waals surface area (Å²) in [6, 6.07) is 7.40. The summed E-state index contributed by atoms with van der Waals surface area (Å²) in [5.74, 6) is 0.645. The van der Waals surface area contributed by atoms with E-state index in [9.17, 15) is 9.90 Å². The minimum atomic E-state index is 0.307. The fraction of sp³-hybridized carbons (Fsp3) is 0.632. The largest absolute Gasteiger partial charge is 0.508 e. The van der Waals surface area contributed by atoms with Crippen LogP contribution in [0.5, 0.6) is 5.75 Å². The number of nitrogens with zero attached hydrogens (tertiary/aromatic N) is 2. The molecule has 2 aliphatic heterocycles. The Morgan fingerprint density at radius 1 is 0.917 bits per heavy atom. The maximum atomic E-state index is 12.6. The van der Waals surface area contributed by atoms with Gasteiger partial charge >= 0.3 is 0 Å². The molecule has 24 heavy (non-hydrogen) atoms. The lowest BCUT2D eigenvalue weighted by molar-refractivity contribution is -0.892. The van der Waals surface area contributed by atoms with Crippen LogP contribution in [-0.2, 0) is 4.79 Å². The van der Waals surface area contributed by atoms with Gasteiger partial charge in [-0.3, -0.25) is 4.79 Å². The van der Waals surface area contributed by atoms with Crippen molar-refractivity contribution >= 4 is 11.6 Å². The Bertz CT molecular complexity index is 516. The number of amides is 1. The van der Waals surface area contributed by atoms with E-state index >= 15 is 0 Å². The van der Waals surface area contributed by atoms with E-state index < -0.39 is 0 Å². The summed E-state index contributed by atoms with van der Waals surface area (Å²) in [6.07, 6.45) is 6.18. The number of benzene rings is 1. The van der Waals surface area contributed by atoms with Gasteiger partial charge in [-0.15, -0.1) is 0 Å². The number of hydrogen-bond acceptors (Lipinski definition) is 3.